The summed E-state index contributed by atoms with van der Waals surface area (Å²) in [6.07, 6.45) is 9.24. The Hall–Kier alpha value is -6.96. The number of nitrogens with zero attached hydrogens (tertiary/aromatic N) is 1. The molecule has 2 aliphatic rings. The maximum Gasteiger partial charge on any atom is 0.0629 e. The number of benzene rings is 9. The van der Waals surface area contributed by atoms with E-state index in [9.17, 15) is 0 Å². The van der Waals surface area contributed by atoms with E-state index in [0.717, 1.165) is 0 Å². The summed E-state index contributed by atoms with van der Waals surface area (Å²) < 4.78 is 0. The van der Waals surface area contributed by atoms with E-state index in [1.165, 1.54) is 99.3 Å². The van der Waals surface area contributed by atoms with Crippen LogP contribution in [0.5, 0.6) is 0 Å². The molecule has 0 spiro atoms. The van der Waals surface area contributed by atoms with E-state index in [1.807, 2.05) is 0 Å². The molecule has 9 aromatic rings. The third-order valence-electron chi connectivity index (χ3n) is 12.0. The van der Waals surface area contributed by atoms with Crippen molar-refractivity contribution < 1.29 is 0 Å². The average molecular weight is 714 g/mol. The lowest BCUT2D eigenvalue weighted by Gasteiger charge is -2.36. The number of allylic oxidation sites excluding steroid dienone is 2. The van der Waals surface area contributed by atoms with Crippen LogP contribution in [0.3, 0.4) is 0 Å². The highest BCUT2D eigenvalue weighted by molar-refractivity contribution is 6.33. The molecule has 0 radical (unpaired) electrons. The summed E-state index contributed by atoms with van der Waals surface area (Å²) in [7, 11) is 0. The van der Waals surface area contributed by atoms with Gasteiger partial charge in [0, 0.05) is 22.9 Å². The highest BCUT2D eigenvalue weighted by atomic mass is 15.2. The molecule has 1 aliphatic carbocycles. The Balaban J connectivity index is 1.27. The molecule has 0 N–H and O–H groups in total. The van der Waals surface area contributed by atoms with Crippen LogP contribution in [-0.2, 0) is 0 Å². The first kappa shape index (κ1) is 32.5. The number of hydrogen-bond acceptors (Lipinski definition) is 1. The zero-order valence-electron chi connectivity index (χ0n) is 31.2. The van der Waals surface area contributed by atoms with Gasteiger partial charge in [-0.1, -0.05) is 188 Å². The molecule has 56 heavy (non-hydrogen) atoms. The van der Waals surface area contributed by atoms with E-state index >= 15 is 0 Å². The molecule has 1 heterocycles. The maximum atomic E-state index is 2.60. The van der Waals surface area contributed by atoms with Gasteiger partial charge in [0.15, 0.2) is 0 Å². The van der Waals surface area contributed by atoms with Crippen molar-refractivity contribution in [1.82, 2.24) is 0 Å². The van der Waals surface area contributed by atoms with Crippen LogP contribution in [0.25, 0.3) is 76.8 Å². The number of para-hydroxylation sites is 1. The van der Waals surface area contributed by atoms with E-state index in [-0.39, 0.29) is 12.0 Å². The molecule has 2 unspecified atom stereocenters. The molecular weight excluding hydrogens is 675 g/mol. The fourth-order valence-corrected chi connectivity index (χ4v) is 9.60. The van der Waals surface area contributed by atoms with Gasteiger partial charge in [0.2, 0.25) is 0 Å². The molecule has 9 aromatic carbocycles. The van der Waals surface area contributed by atoms with Crippen LogP contribution in [0.15, 0.2) is 206 Å². The zero-order valence-corrected chi connectivity index (χ0v) is 31.2. The van der Waals surface area contributed by atoms with Gasteiger partial charge in [0.1, 0.15) is 0 Å². The summed E-state index contributed by atoms with van der Waals surface area (Å²) in [5.74, 6) is 0.206. The topological polar surface area (TPSA) is 3.24 Å². The molecule has 264 valence electrons. The van der Waals surface area contributed by atoms with Crippen molar-refractivity contribution in [1.29, 1.82) is 0 Å². The fourth-order valence-electron chi connectivity index (χ4n) is 9.60. The molecule has 1 aliphatic heterocycles. The Morgan fingerprint density at radius 1 is 0.411 bits per heavy atom. The Bertz CT molecular complexity index is 3030. The molecule has 0 amide bonds. The number of rotatable bonds is 4. The van der Waals surface area contributed by atoms with Gasteiger partial charge in [-0.3, -0.25) is 0 Å². The van der Waals surface area contributed by atoms with Gasteiger partial charge >= 0.3 is 0 Å². The predicted molar refractivity (Wildman–Crippen MR) is 239 cm³/mol. The van der Waals surface area contributed by atoms with Crippen molar-refractivity contribution in [3.63, 3.8) is 0 Å². The summed E-state index contributed by atoms with van der Waals surface area (Å²) >= 11 is 0. The molecule has 2 atom stereocenters. The van der Waals surface area contributed by atoms with Gasteiger partial charge in [0.25, 0.3) is 0 Å². The van der Waals surface area contributed by atoms with Crippen LogP contribution in [0.1, 0.15) is 17.0 Å². The first-order valence-corrected chi connectivity index (χ1v) is 19.7. The Labute approximate surface area is 328 Å². The second-order valence-corrected chi connectivity index (χ2v) is 15.2. The largest absolute Gasteiger partial charge is 0.333 e. The van der Waals surface area contributed by atoms with Gasteiger partial charge in [0.05, 0.1) is 6.04 Å². The lowest BCUT2D eigenvalue weighted by atomic mass is 9.81. The standard InChI is InChI=1S/C55H39N/c1-36-29-31-42-43-24-13-15-27-51(43)56(52-28-16-14-25-44(52)49(42)33-36)40-30-32-46-50(34-40)41-23-11-12-26-45(41)54-48(38-19-7-3-8-20-38)35-47(37-17-5-2-6-18-37)53(55(46)54)39-21-9-4-10-22-39/h2-35,44,52H,1H3. The predicted octanol–water partition coefficient (Wildman–Crippen LogP) is 14.9. The van der Waals surface area contributed by atoms with E-state index in [1.54, 1.807) is 0 Å². The lowest BCUT2D eigenvalue weighted by molar-refractivity contribution is 0.697. The van der Waals surface area contributed by atoms with Crippen LogP contribution in [0.4, 0.5) is 11.4 Å². The summed E-state index contributed by atoms with van der Waals surface area (Å²) in [6.45, 7) is 2.21. The van der Waals surface area contributed by atoms with E-state index in [2.05, 4.69) is 218 Å². The third kappa shape index (κ3) is 5.08. The molecular formula is C55H39N. The van der Waals surface area contributed by atoms with Crippen LogP contribution in [0.2, 0.25) is 0 Å². The smallest absolute Gasteiger partial charge is 0.0629 e. The minimum atomic E-state index is 0.114. The second-order valence-electron chi connectivity index (χ2n) is 15.2. The van der Waals surface area contributed by atoms with Crippen LogP contribution in [0, 0.1) is 6.92 Å². The summed E-state index contributed by atoms with van der Waals surface area (Å²) in [6, 6.07) is 67.7. The number of hydrogen-bond donors (Lipinski definition) is 0. The fraction of sp³-hybridized carbons (Fsp3) is 0.0545. The van der Waals surface area contributed by atoms with Crippen molar-refractivity contribution >= 4 is 43.7 Å². The zero-order chi connectivity index (χ0) is 37.2. The first-order chi connectivity index (χ1) is 27.7. The van der Waals surface area contributed by atoms with Crippen molar-refractivity contribution in [3.8, 4) is 44.5 Å². The minimum absolute atomic E-state index is 0.114. The normalized spacial score (nSPS) is 15.8. The quantitative estimate of drug-likeness (QED) is 0.164. The highest BCUT2D eigenvalue weighted by Crippen LogP contribution is 2.52. The van der Waals surface area contributed by atoms with Crippen molar-refractivity contribution in [2.24, 2.45) is 0 Å². The SMILES string of the molecule is Cc1ccc2c(c1)C1C=CC=CC1N(c1ccc3c(c1)c1ccccc1c1c(-c4ccccc4)cc(-c4ccccc4)c(-c4ccccc4)c31)c1ccccc1-2. The molecule has 0 saturated carbocycles. The average Bonchev–Trinajstić information content (AvgIpc) is 3.39. The van der Waals surface area contributed by atoms with E-state index in [4.69, 9.17) is 0 Å². The van der Waals surface area contributed by atoms with Crippen molar-refractivity contribution in [2.75, 3.05) is 4.90 Å². The molecule has 11 rings (SSSR count). The molecule has 1 heteroatoms. The van der Waals surface area contributed by atoms with Crippen molar-refractivity contribution in [3.05, 3.63) is 217 Å². The number of fused-ring (bicyclic) bond motifs is 11. The molecule has 1 nitrogen and oxygen atoms in total. The molecule has 0 bridgehead atoms. The first-order valence-electron chi connectivity index (χ1n) is 19.7. The maximum absolute atomic E-state index is 2.60. The monoisotopic (exact) mass is 713 g/mol. The molecule has 0 fully saturated rings. The van der Waals surface area contributed by atoms with Gasteiger partial charge in [-0.05, 0) is 108 Å². The third-order valence-corrected chi connectivity index (χ3v) is 12.0. The van der Waals surface area contributed by atoms with Crippen molar-refractivity contribution in [2.45, 2.75) is 18.9 Å². The van der Waals surface area contributed by atoms with Crippen LogP contribution < -0.4 is 4.90 Å². The Morgan fingerprint density at radius 3 is 1.80 bits per heavy atom. The van der Waals surface area contributed by atoms with E-state index < -0.39 is 0 Å². The highest BCUT2D eigenvalue weighted by Gasteiger charge is 2.35. The van der Waals surface area contributed by atoms with Gasteiger partial charge in [-0.15, -0.1) is 0 Å². The summed E-state index contributed by atoms with van der Waals surface area (Å²) in [4.78, 5) is 2.60. The van der Waals surface area contributed by atoms with Gasteiger partial charge in [-0.25, -0.2) is 0 Å². The molecule has 0 aromatic heterocycles. The second kappa shape index (κ2) is 13.1. The lowest BCUT2D eigenvalue weighted by Crippen LogP contribution is -2.34. The van der Waals surface area contributed by atoms with Gasteiger partial charge < -0.3 is 4.90 Å². The Morgan fingerprint density at radius 2 is 1.04 bits per heavy atom. The molecule has 0 saturated heterocycles. The van der Waals surface area contributed by atoms with Crippen LogP contribution in [-0.4, -0.2) is 6.04 Å². The summed E-state index contributed by atoms with van der Waals surface area (Å²) in [5, 5.41) is 7.62. The summed E-state index contributed by atoms with van der Waals surface area (Å²) in [5.41, 5.74) is 15.1. The van der Waals surface area contributed by atoms with Gasteiger partial charge in [-0.2, -0.15) is 0 Å². The van der Waals surface area contributed by atoms with E-state index in [0.29, 0.717) is 0 Å². The minimum Gasteiger partial charge on any atom is -0.333 e. The number of aryl methyl sites for hydroxylation is 1. The number of anilines is 2. The Kier molecular flexibility index (Phi) is 7.60. The van der Waals surface area contributed by atoms with Crippen LogP contribution >= 0.6 is 0 Å².